The zero-order valence-corrected chi connectivity index (χ0v) is 21.6. The van der Waals surface area contributed by atoms with E-state index in [2.05, 4.69) is 87.5 Å². The van der Waals surface area contributed by atoms with Crippen LogP contribution in [0.1, 0.15) is 46.7 Å². The Morgan fingerprint density at radius 2 is 1.75 bits per heavy atom. The molecular weight excluding hydrogens is 464 g/mol. The van der Waals surface area contributed by atoms with Crippen molar-refractivity contribution < 1.29 is 0 Å². The second-order valence-electron chi connectivity index (χ2n) is 9.23. The molecule has 1 aliphatic rings. The molecule has 4 heterocycles. The number of benzene rings is 1. The monoisotopic (exact) mass is 496 g/mol. The van der Waals surface area contributed by atoms with Crippen molar-refractivity contribution in [3.05, 3.63) is 114 Å². The fraction of sp³-hybridized carbons (Fsp3) is 0.276. The molecule has 4 aromatic rings. The summed E-state index contributed by atoms with van der Waals surface area (Å²) < 4.78 is 2.39. The molecule has 0 amide bonds. The highest BCUT2D eigenvalue weighted by Crippen LogP contribution is 2.41. The fourth-order valence-corrected chi connectivity index (χ4v) is 5.40. The van der Waals surface area contributed by atoms with E-state index < -0.39 is 0 Å². The van der Waals surface area contributed by atoms with E-state index >= 15 is 0 Å². The Balaban J connectivity index is 1.41. The molecule has 6 nitrogen and oxygen atoms in total. The van der Waals surface area contributed by atoms with Gasteiger partial charge in [0.15, 0.2) is 5.11 Å². The van der Waals surface area contributed by atoms with E-state index in [-0.39, 0.29) is 12.1 Å². The van der Waals surface area contributed by atoms with Crippen LogP contribution >= 0.6 is 12.2 Å². The van der Waals surface area contributed by atoms with Gasteiger partial charge in [-0.25, -0.2) is 0 Å². The highest BCUT2D eigenvalue weighted by Gasteiger charge is 2.41. The molecule has 0 unspecified atom stereocenters. The number of nitrogens with zero attached hydrogens (tertiary/aromatic N) is 4. The van der Waals surface area contributed by atoms with Crippen molar-refractivity contribution >= 4 is 23.0 Å². The standard InChI is InChI=1S/C29H32N6S/c1-21-19-25(22(2)35(21)20-23-12-16-30-17-13-23)28-27(26-11-6-7-14-32-26)33-29(36)34(28)18-8-15-31-24-9-4-3-5-10-24/h3-7,9-14,16-17,19,27-28,31H,8,15,18,20H2,1-2H3,(H,33,36)/t27-,28-/m1/s1. The summed E-state index contributed by atoms with van der Waals surface area (Å²) in [6.45, 7) is 6.96. The first-order chi connectivity index (χ1) is 17.6. The summed E-state index contributed by atoms with van der Waals surface area (Å²) in [5, 5.41) is 7.90. The quantitative estimate of drug-likeness (QED) is 0.238. The molecule has 36 heavy (non-hydrogen) atoms. The molecule has 0 aliphatic carbocycles. The highest BCUT2D eigenvalue weighted by atomic mass is 32.1. The lowest BCUT2D eigenvalue weighted by atomic mass is 9.96. The first-order valence-corrected chi connectivity index (χ1v) is 12.8. The van der Waals surface area contributed by atoms with Crippen LogP contribution < -0.4 is 10.6 Å². The fourth-order valence-electron chi connectivity index (χ4n) is 5.06. The zero-order valence-electron chi connectivity index (χ0n) is 20.8. The van der Waals surface area contributed by atoms with Gasteiger partial charge in [0.25, 0.3) is 0 Å². The number of anilines is 1. The average molecular weight is 497 g/mol. The van der Waals surface area contributed by atoms with Gasteiger partial charge in [-0.05, 0) is 86.1 Å². The topological polar surface area (TPSA) is 58.0 Å². The normalized spacial score (nSPS) is 17.3. The van der Waals surface area contributed by atoms with E-state index in [1.54, 1.807) is 0 Å². The van der Waals surface area contributed by atoms with Gasteiger partial charge >= 0.3 is 0 Å². The van der Waals surface area contributed by atoms with Crippen molar-refractivity contribution in [1.82, 2.24) is 24.8 Å². The molecule has 7 heteroatoms. The number of nitrogens with one attached hydrogen (secondary N) is 2. The van der Waals surface area contributed by atoms with Gasteiger partial charge in [0.2, 0.25) is 0 Å². The van der Waals surface area contributed by atoms with Crippen LogP contribution in [0.25, 0.3) is 0 Å². The van der Waals surface area contributed by atoms with E-state index in [1.807, 2.05) is 36.8 Å². The highest BCUT2D eigenvalue weighted by molar-refractivity contribution is 7.80. The summed E-state index contributed by atoms with van der Waals surface area (Å²) in [5.74, 6) is 0. The summed E-state index contributed by atoms with van der Waals surface area (Å²) >= 11 is 5.88. The molecule has 0 spiro atoms. The van der Waals surface area contributed by atoms with Gasteiger partial charge in [0, 0.05) is 55.3 Å². The van der Waals surface area contributed by atoms with Gasteiger partial charge in [-0.3, -0.25) is 9.97 Å². The summed E-state index contributed by atoms with van der Waals surface area (Å²) in [7, 11) is 0. The lowest BCUT2D eigenvalue weighted by molar-refractivity contribution is 0.315. The number of rotatable bonds is 9. The molecule has 3 aromatic heterocycles. The Morgan fingerprint density at radius 3 is 2.50 bits per heavy atom. The van der Waals surface area contributed by atoms with E-state index in [1.165, 1.54) is 22.5 Å². The molecule has 1 fully saturated rings. The molecule has 0 radical (unpaired) electrons. The smallest absolute Gasteiger partial charge is 0.170 e. The van der Waals surface area contributed by atoms with Crippen LogP contribution in [0.2, 0.25) is 0 Å². The minimum absolute atomic E-state index is 0.00402. The first kappa shape index (κ1) is 24.0. The Labute approximate surface area is 218 Å². The van der Waals surface area contributed by atoms with Crippen LogP contribution in [0.3, 0.4) is 0 Å². The summed E-state index contributed by atoms with van der Waals surface area (Å²) in [4.78, 5) is 11.2. The van der Waals surface area contributed by atoms with Crippen molar-refractivity contribution in [2.24, 2.45) is 0 Å². The number of pyridine rings is 2. The Morgan fingerprint density at radius 1 is 0.972 bits per heavy atom. The van der Waals surface area contributed by atoms with E-state index in [9.17, 15) is 0 Å². The minimum Gasteiger partial charge on any atom is -0.385 e. The van der Waals surface area contributed by atoms with Gasteiger partial charge in [-0.15, -0.1) is 0 Å². The third-order valence-corrected chi connectivity index (χ3v) is 7.25. The van der Waals surface area contributed by atoms with Crippen LogP contribution in [-0.4, -0.2) is 37.6 Å². The SMILES string of the molecule is Cc1cc([C@@H]2[C@@H](c3ccccn3)NC(=S)N2CCCNc2ccccc2)c(C)n1Cc1ccncc1. The summed E-state index contributed by atoms with van der Waals surface area (Å²) in [6.07, 6.45) is 6.53. The molecule has 1 saturated heterocycles. The Kier molecular flexibility index (Phi) is 7.28. The zero-order chi connectivity index (χ0) is 24.9. The first-order valence-electron chi connectivity index (χ1n) is 12.4. The molecule has 2 atom stereocenters. The molecule has 0 bridgehead atoms. The number of aryl methyl sites for hydroxylation is 1. The van der Waals surface area contributed by atoms with Gasteiger partial charge in [-0.1, -0.05) is 24.3 Å². The lowest BCUT2D eigenvalue weighted by Gasteiger charge is -2.28. The predicted octanol–water partition coefficient (Wildman–Crippen LogP) is 5.42. The van der Waals surface area contributed by atoms with Gasteiger partial charge < -0.3 is 20.1 Å². The lowest BCUT2D eigenvalue weighted by Crippen LogP contribution is -2.31. The molecule has 1 aliphatic heterocycles. The van der Waals surface area contributed by atoms with Crippen LogP contribution in [0.15, 0.2) is 85.3 Å². The van der Waals surface area contributed by atoms with Crippen LogP contribution in [0, 0.1) is 13.8 Å². The number of aromatic nitrogens is 3. The Bertz CT molecular complexity index is 1290. The van der Waals surface area contributed by atoms with Crippen molar-refractivity contribution in [3.63, 3.8) is 0 Å². The summed E-state index contributed by atoms with van der Waals surface area (Å²) in [5.41, 5.74) is 7.18. The van der Waals surface area contributed by atoms with Gasteiger partial charge in [0.1, 0.15) is 0 Å². The molecular formula is C29H32N6S. The third kappa shape index (κ3) is 5.11. The summed E-state index contributed by atoms with van der Waals surface area (Å²) in [6, 6.07) is 23.0. The minimum atomic E-state index is -0.00402. The maximum absolute atomic E-state index is 5.88. The van der Waals surface area contributed by atoms with E-state index in [0.29, 0.717) is 0 Å². The number of para-hydroxylation sites is 1. The largest absolute Gasteiger partial charge is 0.385 e. The van der Waals surface area contributed by atoms with Crippen molar-refractivity contribution in [2.75, 3.05) is 18.4 Å². The van der Waals surface area contributed by atoms with Crippen molar-refractivity contribution in [2.45, 2.75) is 38.9 Å². The molecule has 5 rings (SSSR count). The number of hydrogen-bond donors (Lipinski definition) is 2. The number of thiocarbonyl (C=S) groups is 1. The molecule has 2 N–H and O–H groups in total. The maximum Gasteiger partial charge on any atom is 0.170 e. The molecule has 184 valence electrons. The van der Waals surface area contributed by atoms with Crippen molar-refractivity contribution in [1.29, 1.82) is 0 Å². The second kappa shape index (κ2) is 10.9. The van der Waals surface area contributed by atoms with Crippen molar-refractivity contribution in [3.8, 4) is 0 Å². The van der Waals surface area contributed by atoms with Crippen LogP contribution in [-0.2, 0) is 6.54 Å². The van der Waals surface area contributed by atoms with E-state index in [0.717, 1.165) is 42.5 Å². The predicted molar refractivity (Wildman–Crippen MR) is 149 cm³/mol. The Hall–Kier alpha value is -3.71. The van der Waals surface area contributed by atoms with Crippen LogP contribution in [0.4, 0.5) is 5.69 Å². The second-order valence-corrected chi connectivity index (χ2v) is 9.62. The number of hydrogen-bond acceptors (Lipinski definition) is 4. The van der Waals surface area contributed by atoms with Gasteiger partial charge in [-0.2, -0.15) is 0 Å². The van der Waals surface area contributed by atoms with E-state index in [4.69, 9.17) is 17.2 Å². The average Bonchev–Trinajstić information content (AvgIpc) is 3.38. The molecule has 0 saturated carbocycles. The van der Waals surface area contributed by atoms with Gasteiger partial charge in [0.05, 0.1) is 17.8 Å². The third-order valence-electron chi connectivity index (χ3n) is 6.90. The maximum atomic E-state index is 5.88. The molecule has 1 aromatic carbocycles. The van der Waals surface area contributed by atoms with Crippen LogP contribution in [0.5, 0.6) is 0 Å².